The van der Waals surface area contributed by atoms with Crippen LogP contribution in [-0.4, -0.2) is 11.2 Å². The predicted octanol–water partition coefficient (Wildman–Crippen LogP) is 1.67. The fourth-order valence-corrected chi connectivity index (χ4v) is 1.55. The van der Waals surface area contributed by atoms with Gasteiger partial charge < -0.3 is 5.11 Å². The number of hydrogen-bond donors (Lipinski definition) is 1. The summed E-state index contributed by atoms with van der Waals surface area (Å²) in [6, 6.07) is 4.04. The fourth-order valence-electron chi connectivity index (χ4n) is 0.720. The highest BCUT2D eigenvalue weighted by atomic mass is 32.1. The molecule has 1 aromatic heterocycles. The van der Waals surface area contributed by atoms with Crippen LogP contribution in [0.15, 0.2) is 17.5 Å². The maximum Gasteiger partial charge on any atom is 0.0560 e. The lowest BCUT2D eigenvalue weighted by atomic mass is 10.2. The van der Waals surface area contributed by atoms with Gasteiger partial charge >= 0.3 is 0 Å². The molecule has 1 rings (SSSR count). The third-order valence-corrected chi connectivity index (χ3v) is 1.98. The molecule has 0 fully saturated rings. The second-order valence-electron chi connectivity index (χ2n) is 2.13. The Morgan fingerprint density at radius 2 is 2.56 bits per heavy atom. The Bertz CT molecular complexity index is 155. The number of aliphatic hydroxyl groups is 1. The molecule has 1 N–H and O–H groups in total. The van der Waals surface area contributed by atoms with Crippen molar-refractivity contribution < 1.29 is 5.11 Å². The highest BCUT2D eigenvalue weighted by molar-refractivity contribution is 7.09. The highest BCUT2D eigenvalue weighted by Gasteiger charge is 1.97. The molecule has 9 heavy (non-hydrogen) atoms. The zero-order valence-corrected chi connectivity index (χ0v) is 6.19. The minimum absolute atomic E-state index is 0.205. The summed E-state index contributed by atoms with van der Waals surface area (Å²) in [5.74, 6) is 0. The Hall–Kier alpha value is -0.340. The van der Waals surface area contributed by atoms with E-state index in [0.29, 0.717) is 0 Å². The van der Waals surface area contributed by atoms with Gasteiger partial charge in [0.25, 0.3) is 0 Å². The number of thiophene rings is 1. The SMILES string of the molecule is C[C@H](O)Cc1cccs1. The molecule has 0 saturated carbocycles. The first-order valence-electron chi connectivity index (χ1n) is 2.99. The Labute approximate surface area is 59.0 Å². The monoisotopic (exact) mass is 142 g/mol. The van der Waals surface area contributed by atoms with E-state index in [0.717, 1.165) is 6.42 Å². The molecule has 1 aromatic rings. The number of rotatable bonds is 2. The molecule has 1 nitrogen and oxygen atoms in total. The molecule has 0 saturated heterocycles. The maximum absolute atomic E-state index is 8.93. The highest BCUT2D eigenvalue weighted by Crippen LogP contribution is 2.10. The smallest absolute Gasteiger partial charge is 0.0560 e. The average Bonchev–Trinajstić information content (AvgIpc) is 2.15. The second kappa shape index (κ2) is 2.99. The third-order valence-electron chi connectivity index (χ3n) is 1.08. The first kappa shape index (κ1) is 6.78. The standard InChI is InChI=1S/C7H10OS/c1-6(8)5-7-3-2-4-9-7/h2-4,6,8H,5H2,1H3/t6-/m0/s1. The van der Waals surface area contributed by atoms with Gasteiger partial charge in [-0.05, 0) is 18.4 Å². The van der Waals surface area contributed by atoms with Gasteiger partial charge in [0.2, 0.25) is 0 Å². The summed E-state index contributed by atoms with van der Waals surface area (Å²) in [5.41, 5.74) is 0. The van der Waals surface area contributed by atoms with E-state index >= 15 is 0 Å². The molecular weight excluding hydrogens is 132 g/mol. The number of aliphatic hydroxyl groups excluding tert-OH is 1. The van der Waals surface area contributed by atoms with Gasteiger partial charge in [0.15, 0.2) is 0 Å². The van der Waals surface area contributed by atoms with E-state index in [1.807, 2.05) is 17.5 Å². The summed E-state index contributed by atoms with van der Waals surface area (Å²) in [6.45, 7) is 1.81. The minimum atomic E-state index is -0.205. The van der Waals surface area contributed by atoms with Gasteiger partial charge in [-0.3, -0.25) is 0 Å². The molecule has 0 aliphatic carbocycles. The summed E-state index contributed by atoms with van der Waals surface area (Å²) in [5, 5.41) is 11.0. The van der Waals surface area contributed by atoms with Gasteiger partial charge in [0.05, 0.1) is 6.10 Å². The van der Waals surface area contributed by atoms with Crippen LogP contribution in [0.2, 0.25) is 0 Å². The van der Waals surface area contributed by atoms with Crippen molar-refractivity contribution in [2.45, 2.75) is 19.4 Å². The normalized spacial score (nSPS) is 13.6. The molecule has 50 valence electrons. The Balaban J connectivity index is 2.48. The summed E-state index contributed by atoms with van der Waals surface area (Å²) >= 11 is 1.69. The van der Waals surface area contributed by atoms with Crippen LogP contribution in [0.3, 0.4) is 0 Å². The van der Waals surface area contributed by atoms with Crippen LogP contribution in [0.25, 0.3) is 0 Å². The van der Waals surface area contributed by atoms with Gasteiger partial charge in [-0.1, -0.05) is 6.07 Å². The van der Waals surface area contributed by atoms with E-state index in [2.05, 4.69) is 0 Å². The van der Waals surface area contributed by atoms with Crippen LogP contribution < -0.4 is 0 Å². The van der Waals surface area contributed by atoms with Gasteiger partial charge in [-0.2, -0.15) is 0 Å². The zero-order valence-electron chi connectivity index (χ0n) is 5.37. The first-order valence-corrected chi connectivity index (χ1v) is 3.87. The molecule has 0 unspecified atom stereocenters. The lowest BCUT2D eigenvalue weighted by molar-refractivity contribution is 0.196. The van der Waals surface area contributed by atoms with Crippen molar-refractivity contribution in [1.82, 2.24) is 0 Å². The topological polar surface area (TPSA) is 20.2 Å². The van der Waals surface area contributed by atoms with Crippen LogP contribution >= 0.6 is 11.3 Å². The molecule has 1 heterocycles. The first-order chi connectivity index (χ1) is 4.29. The molecule has 0 spiro atoms. The van der Waals surface area contributed by atoms with Crippen molar-refractivity contribution in [2.24, 2.45) is 0 Å². The van der Waals surface area contributed by atoms with Gasteiger partial charge in [0, 0.05) is 11.3 Å². The summed E-state index contributed by atoms with van der Waals surface area (Å²) in [4.78, 5) is 1.25. The van der Waals surface area contributed by atoms with Crippen LogP contribution in [0.1, 0.15) is 11.8 Å². The second-order valence-corrected chi connectivity index (χ2v) is 3.16. The zero-order chi connectivity index (χ0) is 6.69. The third kappa shape index (κ3) is 2.16. The van der Waals surface area contributed by atoms with Gasteiger partial charge in [-0.25, -0.2) is 0 Å². The Kier molecular flexibility index (Phi) is 2.25. The van der Waals surface area contributed by atoms with Crippen molar-refractivity contribution >= 4 is 11.3 Å². The van der Waals surface area contributed by atoms with Gasteiger partial charge in [-0.15, -0.1) is 11.3 Å². The lowest BCUT2D eigenvalue weighted by Gasteiger charge is -1.98. The fraction of sp³-hybridized carbons (Fsp3) is 0.429. The average molecular weight is 142 g/mol. The van der Waals surface area contributed by atoms with Crippen LogP contribution in [0.5, 0.6) is 0 Å². The molecule has 2 heteroatoms. The van der Waals surface area contributed by atoms with Crippen molar-refractivity contribution in [3.8, 4) is 0 Å². The molecule has 0 aromatic carbocycles. The van der Waals surface area contributed by atoms with E-state index < -0.39 is 0 Å². The number of hydrogen-bond acceptors (Lipinski definition) is 2. The quantitative estimate of drug-likeness (QED) is 0.666. The van der Waals surface area contributed by atoms with E-state index in [4.69, 9.17) is 5.11 Å². The van der Waals surface area contributed by atoms with Crippen LogP contribution in [-0.2, 0) is 6.42 Å². The Morgan fingerprint density at radius 3 is 3.00 bits per heavy atom. The molecule has 0 aliphatic heterocycles. The summed E-state index contributed by atoms with van der Waals surface area (Å²) in [6.07, 6.45) is 0.584. The minimum Gasteiger partial charge on any atom is -0.393 e. The van der Waals surface area contributed by atoms with E-state index in [1.54, 1.807) is 18.3 Å². The largest absolute Gasteiger partial charge is 0.393 e. The van der Waals surface area contributed by atoms with E-state index in [-0.39, 0.29) is 6.10 Å². The molecule has 0 amide bonds. The van der Waals surface area contributed by atoms with Gasteiger partial charge in [0.1, 0.15) is 0 Å². The van der Waals surface area contributed by atoms with Crippen molar-refractivity contribution in [1.29, 1.82) is 0 Å². The van der Waals surface area contributed by atoms with Crippen LogP contribution in [0, 0.1) is 0 Å². The molecule has 0 aliphatic rings. The molecule has 0 radical (unpaired) electrons. The molecule has 0 bridgehead atoms. The van der Waals surface area contributed by atoms with Crippen molar-refractivity contribution in [2.75, 3.05) is 0 Å². The van der Waals surface area contributed by atoms with Crippen molar-refractivity contribution in [3.05, 3.63) is 22.4 Å². The van der Waals surface area contributed by atoms with Crippen LogP contribution in [0.4, 0.5) is 0 Å². The molecule has 1 atom stereocenters. The Morgan fingerprint density at radius 1 is 1.78 bits per heavy atom. The maximum atomic E-state index is 8.93. The van der Waals surface area contributed by atoms with Crippen molar-refractivity contribution in [3.63, 3.8) is 0 Å². The summed E-state index contributed by atoms with van der Waals surface area (Å²) < 4.78 is 0. The molecular formula is C7H10OS. The van der Waals surface area contributed by atoms with E-state index in [1.165, 1.54) is 4.88 Å². The summed E-state index contributed by atoms with van der Waals surface area (Å²) in [7, 11) is 0. The lowest BCUT2D eigenvalue weighted by Crippen LogP contribution is -2.01. The predicted molar refractivity (Wildman–Crippen MR) is 39.7 cm³/mol. The van der Waals surface area contributed by atoms with E-state index in [9.17, 15) is 0 Å².